The van der Waals surface area contributed by atoms with Crippen molar-refractivity contribution in [1.82, 2.24) is 20.1 Å². The van der Waals surface area contributed by atoms with Crippen LogP contribution in [0.25, 0.3) is 0 Å². The fourth-order valence-electron chi connectivity index (χ4n) is 3.78. The number of hydrogen-bond donors (Lipinski definition) is 2. The Balaban J connectivity index is 1.39. The molecule has 8 heteroatoms. The molecule has 2 aliphatic rings. The van der Waals surface area contributed by atoms with Gasteiger partial charge in [0, 0.05) is 18.5 Å². The largest absolute Gasteiger partial charge is 0.368 e. The molecule has 1 unspecified atom stereocenters. The standard InChI is InChI=1S/C17H23N5O2S/c1-11-10-25-16(19-11)20-15(23)12(2)22-6-4-17(5-7-22)14-13(3-8-24-17)9-18-21-14/h9-10,12H,3-8H2,1-2H3,(H,18,21)(H,19,20,23). The number of likely N-dealkylation sites (tertiary alicyclic amines) is 1. The Morgan fingerprint density at radius 2 is 2.28 bits per heavy atom. The van der Waals surface area contributed by atoms with Gasteiger partial charge >= 0.3 is 0 Å². The van der Waals surface area contributed by atoms with Gasteiger partial charge in [0.25, 0.3) is 0 Å². The number of aromatic amines is 1. The van der Waals surface area contributed by atoms with Crippen molar-refractivity contribution in [3.63, 3.8) is 0 Å². The van der Waals surface area contributed by atoms with Gasteiger partial charge in [-0.1, -0.05) is 0 Å². The number of anilines is 1. The lowest BCUT2D eigenvalue weighted by atomic mass is 9.83. The molecule has 0 radical (unpaired) electrons. The van der Waals surface area contributed by atoms with Gasteiger partial charge in [-0.3, -0.25) is 14.8 Å². The van der Waals surface area contributed by atoms with Crippen molar-refractivity contribution >= 4 is 22.4 Å². The van der Waals surface area contributed by atoms with E-state index in [9.17, 15) is 4.79 Å². The van der Waals surface area contributed by atoms with Gasteiger partial charge in [-0.25, -0.2) is 4.98 Å². The van der Waals surface area contributed by atoms with E-state index in [1.807, 2.05) is 25.4 Å². The average Bonchev–Trinajstić information content (AvgIpc) is 3.25. The molecule has 0 aromatic carbocycles. The predicted molar refractivity (Wildman–Crippen MR) is 95.7 cm³/mol. The number of aryl methyl sites for hydroxylation is 1. The SMILES string of the molecule is Cc1csc(NC(=O)C(C)N2CCC3(CC2)OCCc2cn[nH]c23)n1. The molecule has 4 heterocycles. The number of nitrogens with one attached hydrogen (secondary N) is 2. The number of fused-ring (bicyclic) bond motifs is 2. The number of amides is 1. The van der Waals surface area contributed by atoms with E-state index in [2.05, 4.69) is 25.4 Å². The maximum Gasteiger partial charge on any atom is 0.243 e. The number of nitrogens with zero attached hydrogens (tertiary/aromatic N) is 3. The fraction of sp³-hybridized carbons (Fsp3) is 0.588. The summed E-state index contributed by atoms with van der Waals surface area (Å²) in [7, 11) is 0. The molecule has 0 aliphatic carbocycles. The van der Waals surface area contributed by atoms with E-state index in [1.165, 1.54) is 16.9 Å². The Labute approximate surface area is 150 Å². The molecule has 2 aromatic heterocycles. The first-order valence-corrected chi connectivity index (χ1v) is 9.59. The average molecular weight is 361 g/mol. The zero-order valence-electron chi connectivity index (χ0n) is 14.5. The molecule has 134 valence electrons. The van der Waals surface area contributed by atoms with Crippen LogP contribution in [0.15, 0.2) is 11.6 Å². The minimum Gasteiger partial charge on any atom is -0.368 e. The Hall–Kier alpha value is -1.77. The summed E-state index contributed by atoms with van der Waals surface area (Å²) in [6.07, 6.45) is 4.58. The first-order valence-electron chi connectivity index (χ1n) is 8.71. The van der Waals surface area contributed by atoms with Crippen LogP contribution in [0.3, 0.4) is 0 Å². The van der Waals surface area contributed by atoms with Gasteiger partial charge in [0.15, 0.2) is 5.13 Å². The molecule has 1 spiro atoms. The quantitative estimate of drug-likeness (QED) is 0.874. The van der Waals surface area contributed by atoms with E-state index >= 15 is 0 Å². The van der Waals surface area contributed by atoms with Crippen LogP contribution >= 0.6 is 11.3 Å². The fourth-order valence-corrected chi connectivity index (χ4v) is 4.47. The summed E-state index contributed by atoms with van der Waals surface area (Å²) in [6.45, 7) is 6.27. The second kappa shape index (κ2) is 6.51. The molecule has 25 heavy (non-hydrogen) atoms. The predicted octanol–water partition coefficient (Wildman–Crippen LogP) is 2.07. The van der Waals surface area contributed by atoms with E-state index in [4.69, 9.17) is 4.74 Å². The van der Waals surface area contributed by atoms with Gasteiger partial charge in [0.1, 0.15) is 5.60 Å². The van der Waals surface area contributed by atoms with Crippen LogP contribution in [0.4, 0.5) is 5.13 Å². The van der Waals surface area contributed by atoms with Gasteiger partial charge in [0.05, 0.1) is 30.2 Å². The number of rotatable bonds is 3. The van der Waals surface area contributed by atoms with Crippen LogP contribution in [0.2, 0.25) is 0 Å². The number of ether oxygens (including phenoxy) is 1. The zero-order valence-corrected chi connectivity index (χ0v) is 15.4. The van der Waals surface area contributed by atoms with Crippen LogP contribution < -0.4 is 5.32 Å². The molecule has 1 amide bonds. The normalized spacial score (nSPS) is 21.0. The number of H-pyrrole nitrogens is 1. The third-order valence-corrected chi connectivity index (χ3v) is 6.18. The summed E-state index contributed by atoms with van der Waals surface area (Å²) < 4.78 is 6.17. The zero-order chi connectivity index (χ0) is 17.4. The number of thiazole rings is 1. The van der Waals surface area contributed by atoms with Gasteiger partial charge in [-0.05, 0) is 38.7 Å². The Morgan fingerprint density at radius 1 is 1.48 bits per heavy atom. The molecule has 7 nitrogen and oxygen atoms in total. The number of hydrogen-bond acceptors (Lipinski definition) is 6. The molecule has 2 aliphatic heterocycles. The first kappa shape index (κ1) is 16.7. The topological polar surface area (TPSA) is 83.1 Å². The lowest BCUT2D eigenvalue weighted by molar-refractivity contribution is -0.127. The lowest BCUT2D eigenvalue weighted by Crippen LogP contribution is -2.51. The van der Waals surface area contributed by atoms with Crippen molar-refractivity contribution in [1.29, 1.82) is 0 Å². The Morgan fingerprint density at radius 3 is 3.00 bits per heavy atom. The Kier molecular flexibility index (Phi) is 4.35. The van der Waals surface area contributed by atoms with Crippen molar-refractivity contribution in [2.24, 2.45) is 0 Å². The summed E-state index contributed by atoms with van der Waals surface area (Å²) in [5, 5.41) is 12.9. The van der Waals surface area contributed by atoms with Crippen molar-refractivity contribution in [2.45, 2.75) is 44.8 Å². The first-order chi connectivity index (χ1) is 12.1. The van der Waals surface area contributed by atoms with Crippen LogP contribution in [0, 0.1) is 6.92 Å². The maximum absolute atomic E-state index is 12.5. The second-order valence-corrected chi connectivity index (χ2v) is 7.72. The van der Waals surface area contributed by atoms with Crippen molar-refractivity contribution in [3.8, 4) is 0 Å². The molecule has 0 saturated carbocycles. The van der Waals surface area contributed by atoms with Crippen molar-refractivity contribution < 1.29 is 9.53 Å². The van der Waals surface area contributed by atoms with E-state index < -0.39 is 0 Å². The molecule has 1 fully saturated rings. The number of piperidine rings is 1. The van der Waals surface area contributed by atoms with Gasteiger partial charge in [-0.15, -0.1) is 11.3 Å². The minimum atomic E-state index is -0.261. The minimum absolute atomic E-state index is 0.00269. The molecule has 1 atom stereocenters. The lowest BCUT2D eigenvalue weighted by Gasteiger charge is -2.44. The maximum atomic E-state index is 12.5. The smallest absolute Gasteiger partial charge is 0.243 e. The highest BCUT2D eigenvalue weighted by molar-refractivity contribution is 7.13. The molecular formula is C17H23N5O2S. The summed E-state index contributed by atoms with van der Waals surface area (Å²) in [4.78, 5) is 19.0. The molecular weight excluding hydrogens is 338 g/mol. The summed E-state index contributed by atoms with van der Waals surface area (Å²) >= 11 is 1.46. The summed E-state index contributed by atoms with van der Waals surface area (Å²) in [5.74, 6) is -0.00269. The van der Waals surface area contributed by atoms with Crippen LogP contribution in [0.5, 0.6) is 0 Å². The number of aromatic nitrogens is 3. The van der Waals surface area contributed by atoms with Crippen LogP contribution in [0.1, 0.15) is 36.7 Å². The second-order valence-electron chi connectivity index (χ2n) is 6.86. The van der Waals surface area contributed by atoms with Gasteiger partial charge < -0.3 is 10.1 Å². The molecule has 2 N–H and O–H groups in total. The molecule has 0 bridgehead atoms. The van der Waals surface area contributed by atoms with Gasteiger partial charge in [-0.2, -0.15) is 5.10 Å². The van der Waals surface area contributed by atoms with Crippen LogP contribution in [-0.4, -0.2) is 51.7 Å². The Bertz CT molecular complexity index is 763. The molecule has 4 rings (SSSR count). The number of carbonyl (C=O) groups excluding carboxylic acids is 1. The third kappa shape index (κ3) is 3.09. The van der Waals surface area contributed by atoms with Gasteiger partial charge in [0.2, 0.25) is 5.91 Å². The highest BCUT2D eigenvalue weighted by Crippen LogP contribution is 2.40. The molecule has 2 aromatic rings. The third-order valence-electron chi connectivity index (χ3n) is 5.31. The summed E-state index contributed by atoms with van der Waals surface area (Å²) in [6, 6.07) is -0.189. The van der Waals surface area contributed by atoms with Crippen LogP contribution in [-0.2, 0) is 21.6 Å². The highest BCUT2D eigenvalue weighted by atomic mass is 32.1. The highest BCUT2D eigenvalue weighted by Gasteiger charge is 2.43. The molecule has 1 saturated heterocycles. The van der Waals surface area contributed by atoms with E-state index in [-0.39, 0.29) is 17.6 Å². The number of carbonyl (C=O) groups is 1. The summed E-state index contributed by atoms with van der Waals surface area (Å²) in [5.41, 5.74) is 3.07. The van der Waals surface area contributed by atoms with E-state index in [0.29, 0.717) is 5.13 Å². The van der Waals surface area contributed by atoms with E-state index in [0.717, 1.165) is 50.3 Å². The van der Waals surface area contributed by atoms with E-state index in [1.54, 1.807) is 0 Å². The van der Waals surface area contributed by atoms with Crippen molar-refractivity contribution in [3.05, 3.63) is 28.5 Å². The monoisotopic (exact) mass is 361 g/mol. The van der Waals surface area contributed by atoms with Crippen molar-refractivity contribution in [2.75, 3.05) is 25.0 Å².